The van der Waals surface area contributed by atoms with Crippen LogP contribution in [0, 0.1) is 0 Å². The Hall–Kier alpha value is -1.06. The van der Waals surface area contributed by atoms with Crippen molar-refractivity contribution in [1.82, 2.24) is 4.90 Å². The van der Waals surface area contributed by atoms with Gasteiger partial charge in [-0.1, -0.05) is 0 Å². The highest BCUT2D eigenvalue weighted by atomic mass is 16.6. The molecule has 0 aliphatic carbocycles. The normalized spacial score (nSPS) is 22.3. The first-order valence-corrected chi connectivity index (χ1v) is 5.31. The smallest absolute Gasteiger partial charge is 0.410 e. The lowest BCUT2D eigenvalue weighted by Crippen LogP contribution is -2.46. The second-order valence-corrected chi connectivity index (χ2v) is 4.80. The van der Waals surface area contributed by atoms with Crippen molar-refractivity contribution in [2.45, 2.75) is 51.7 Å². The topological polar surface area (TPSA) is 46.6 Å². The Morgan fingerprint density at radius 2 is 2.07 bits per heavy atom. The van der Waals surface area contributed by atoms with Crippen molar-refractivity contribution in [3.63, 3.8) is 0 Å². The fraction of sp³-hybridized carbons (Fsp3) is 0.818. The number of hydrogen-bond acceptors (Lipinski definition) is 3. The molecule has 1 rings (SSSR count). The van der Waals surface area contributed by atoms with Crippen LogP contribution in [0.3, 0.4) is 0 Å². The maximum atomic E-state index is 11.7. The van der Waals surface area contributed by atoms with Crippen LogP contribution in [0.15, 0.2) is 0 Å². The molecule has 1 amide bonds. The summed E-state index contributed by atoms with van der Waals surface area (Å²) in [4.78, 5) is 23.8. The van der Waals surface area contributed by atoms with E-state index < -0.39 is 17.7 Å². The number of carbonyl (C=O) groups excluding carboxylic acids is 2. The minimum atomic E-state index is -0.512. The molecule has 0 unspecified atom stereocenters. The van der Waals surface area contributed by atoms with Gasteiger partial charge < -0.3 is 4.74 Å². The van der Waals surface area contributed by atoms with Crippen LogP contribution in [-0.2, 0) is 9.53 Å². The molecular formula is C11H18NO3. The van der Waals surface area contributed by atoms with Gasteiger partial charge in [0, 0.05) is 6.54 Å². The molecule has 1 aliphatic heterocycles. The van der Waals surface area contributed by atoms with E-state index in [0.29, 0.717) is 13.0 Å². The van der Waals surface area contributed by atoms with Gasteiger partial charge >= 0.3 is 6.09 Å². The van der Waals surface area contributed by atoms with E-state index >= 15 is 0 Å². The molecule has 1 saturated heterocycles. The van der Waals surface area contributed by atoms with Crippen LogP contribution in [0.1, 0.15) is 40.0 Å². The quantitative estimate of drug-likeness (QED) is 0.666. The second-order valence-electron chi connectivity index (χ2n) is 4.80. The third-order valence-corrected chi connectivity index (χ3v) is 2.27. The molecule has 1 radical (unpaired) electrons. The Labute approximate surface area is 90.6 Å². The fourth-order valence-corrected chi connectivity index (χ4v) is 1.59. The number of amides is 1. The summed E-state index contributed by atoms with van der Waals surface area (Å²) < 4.78 is 5.22. The van der Waals surface area contributed by atoms with Gasteiger partial charge in [-0.3, -0.25) is 9.69 Å². The molecular weight excluding hydrogens is 194 g/mol. The number of piperidine rings is 1. The highest BCUT2D eigenvalue weighted by Crippen LogP contribution is 2.18. The molecule has 0 bridgehead atoms. The first-order chi connectivity index (χ1) is 6.94. The van der Waals surface area contributed by atoms with Crippen molar-refractivity contribution in [2.24, 2.45) is 0 Å². The Morgan fingerprint density at radius 3 is 2.60 bits per heavy atom. The van der Waals surface area contributed by atoms with E-state index in [1.54, 1.807) is 0 Å². The molecule has 0 N–H and O–H groups in total. The van der Waals surface area contributed by atoms with Crippen molar-refractivity contribution in [1.29, 1.82) is 0 Å². The van der Waals surface area contributed by atoms with E-state index in [1.165, 1.54) is 4.90 Å². The number of nitrogens with zero attached hydrogens (tertiary/aromatic N) is 1. The van der Waals surface area contributed by atoms with Crippen LogP contribution in [0.25, 0.3) is 0 Å². The summed E-state index contributed by atoms with van der Waals surface area (Å²) in [5.41, 5.74) is -0.512. The van der Waals surface area contributed by atoms with Crippen molar-refractivity contribution >= 4 is 12.4 Å². The molecule has 15 heavy (non-hydrogen) atoms. The van der Waals surface area contributed by atoms with Gasteiger partial charge in [-0.2, -0.15) is 0 Å². The van der Waals surface area contributed by atoms with Crippen LogP contribution in [0.2, 0.25) is 0 Å². The zero-order valence-corrected chi connectivity index (χ0v) is 9.58. The number of carbonyl (C=O) groups is 1. The lowest BCUT2D eigenvalue weighted by atomic mass is 10.0. The average Bonchev–Trinajstić information content (AvgIpc) is 2.15. The van der Waals surface area contributed by atoms with E-state index in [1.807, 2.05) is 27.1 Å². The van der Waals surface area contributed by atoms with Gasteiger partial charge in [-0.05, 0) is 40.0 Å². The minimum absolute atomic E-state index is 0.407. The van der Waals surface area contributed by atoms with Crippen LogP contribution < -0.4 is 0 Å². The summed E-state index contributed by atoms with van der Waals surface area (Å²) in [6.07, 6.45) is 4.09. The van der Waals surface area contributed by atoms with Crippen molar-refractivity contribution in [3.05, 3.63) is 0 Å². The lowest BCUT2D eigenvalue weighted by molar-refractivity contribution is 0.0165. The van der Waals surface area contributed by atoms with Crippen LogP contribution in [0.4, 0.5) is 4.79 Å². The molecule has 4 nitrogen and oxygen atoms in total. The van der Waals surface area contributed by atoms with E-state index in [4.69, 9.17) is 4.74 Å². The second kappa shape index (κ2) is 4.64. The predicted molar refractivity (Wildman–Crippen MR) is 56.3 cm³/mol. The molecule has 1 aliphatic rings. The first kappa shape index (κ1) is 12.0. The van der Waals surface area contributed by atoms with E-state index in [9.17, 15) is 9.59 Å². The molecule has 4 heteroatoms. The standard InChI is InChI=1S/C11H18NO3/c1-11(2,3)15-10(14)12-7-5-4-6-9(12)8-13/h9H,4-7H2,1-3H3/t9-/m1/s1. The Morgan fingerprint density at radius 1 is 1.40 bits per heavy atom. The molecule has 1 fully saturated rings. The summed E-state index contributed by atoms with van der Waals surface area (Å²) in [5, 5.41) is 0. The zero-order chi connectivity index (χ0) is 11.5. The van der Waals surface area contributed by atoms with Gasteiger partial charge in [-0.15, -0.1) is 0 Å². The maximum absolute atomic E-state index is 11.7. The molecule has 1 atom stereocenters. The largest absolute Gasteiger partial charge is 0.444 e. The SMILES string of the molecule is CC(C)(C)OC(=O)N1CCCC[C@@H]1[C]=O. The zero-order valence-electron chi connectivity index (χ0n) is 9.58. The predicted octanol–water partition coefficient (Wildman–Crippen LogP) is 1.89. The van der Waals surface area contributed by atoms with Gasteiger partial charge in [0.05, 0.1) is 0 Å². The molecule has 0 aromatic rings. The van der Waals surface area contributed by atoms with Gasteiger partial charge in [0.2, 0.25) is 6.29 Å². The maximum Gasteiger partial charge on any atom is 0.410 e. The summed E-state index contributed by atoms with van der Waals surface area (Å²) in [6.45, 7) is 6.03. The van der Waals surface area contributed by atoms with Crippen molar-refractivity contribution in [2.75, 3.05) is 6.54 Å². The monoisotopic (exact) mass is 212 g/mol. The highest BCUT2D eigenvalue weighted by Gasteiger charge is 2.30. The Balaban J connectivity index is 2.60. The van der Waals surface area contributed by atoms with E-state index in [-0.39, 0.29) is 0 Å². The fourth-order valence-electron chi connectivity index (χ4n) is 1.59. The van der Waals surface area contributed by atoms with E-state index in [0.717, 1.165) is 12.8 Å². The van der Waals surface area contributed by atoms with Gasteiger partial charge in [0.15, 0.2) is 0 Å². The first-order valence-electron chi connectivity index (χ1n) is 5.31. The van der Waals surface area contributed by atoms with E-state index in [2.05, 4.69) is 0 Å². The third kappa shape index (κ3) is 3.53. The van der Waals surface area contributed by atoms with Crippen molar-refractivity contribution in [3.8, 4) is 0 Å². The Kier molecular flexibility index (Phi) is 3.72. The summed E-state index contributed by atoms with van der Waals surface area (Å²) in [5.74, 6) is 0. The summed E-state index contributed by atoms with van der Waals surface area (Å²) >= 11 is 0. The molecule has 0 aromatic carbocycles. The Bertz CT molecular complexity index is 245. The van der Waals surface area contributed by atoms with Crippen LogP contribution in [0.5, 0.6) is 0 Å². The van der Waals surface area contributed by atoms with Crippen LogP contribution in [-0.4, -0.2) is 35.5 Å². The van der Waals surface area contributed by atoms with Gasteiger partial charge in [0.25, 0.3) is 0 Å². The average molecular weight is 212 g/mol. The number of rotatable bonds is 1. The molecule has 85 valence electrons. The summed E-state index contributed by atoms with van der Waals surface area (Å²) in [7, 11) is 0. The minimum Gasteiger partial charge on any atom is -0.444 e. The summed E-state index contributed by atoms with van der Waals surface area (Å²) in [6, 6.07) is -0.423. The third-order valence-electron chi connectivity index (χ3n) is 2.27. The molecule has 0 aromatic heterocycles. The highest BCUT2D eigenvalue weighted by molar-refractivity contribution is 5.74. The van der Waals surface area contributed by atoms with Crippen LogP contribution >= 0.6 is 0 Å². The molecule has 1 heterocycles. The van der Waals surface area contributed by atoms with Crippen molar-refractivity contribution < 1.29 is 14.3 Å². The number of ether oxygens (including phenoxy) is 1. The molecule has 0 spiro atoms. The van der Waals surface area contributed by atoms with Gasteiger partial charge in [-0.25, -0.2) is 4.79 Å². The van der Waals surface area contributed by atoms with Gasteiger partial charge in [0.1, 0.15) is 11.6 Å². The number of likely N-dealkylation sites (tertiary alicyclic amines) is 1. The lowest BCUT2D eigenvalue weighted by Gasteiger charge is -2.33. The molecule has 0 saturated carbocycles. The number of hydrogen-bond donors (Lipinski definition) is 0.